The predicted octanol–water partition coefficient (Wildman–Crippen LogP) is 4.47. The monoisotopic (exact) mass is 292 g/mol. The molecule has 0 fully saturated rings. The summed E-state index contributed by atoms with van der Waals surface area (Å²) in [6.07, 6.45) is -9.60. The van der Waals surface area contributed by atoms with Crippen LogP contribution in [0.15, 0.2) is 12.1 Å². The number of halogens is 7. The Balaban J connectivity index is 3.52. The van der Waals surface area contributed by atoms with Gasteiger partial charge in [-0.25, -0.2) is 0 Å². The Bertz CT molecular complexity index is 395. The molecule has 18 heavy (non-hydrogen) atoms. The second-order valence-corrected chi connectivity index (χ2v) is 3.61. The molecule has 0 radical (unpaired) electrons. The molecule has 8 heteroatoms. The van der Waals surface area contributed by atoms with Crippen LogP contribution in [0.2, 0.25) is 0 Å². The topological polar surface area (TPSA) is 9.23 Å². The summed E-state index contributed by atoms with van der Waals surface area (Å²) in [6, 6.07) is 0.662. The van der Waals surface area contributed by atoms with Gasteiger partial charge < -0.3 is 4.74 Å². The number of methoxy groups -OCH3 is 1. The summed E-state index contributed by atoms with van der Waals surface area (Å²) < 4.78 is 79.8. The minimum atomic E-state index is -4.81. The van der Waals surface area contributed by atoms with Gasteiger partial charge in [0.2, 0.25) is 0 Å². The third-order valence-electron chi connectivity index (χ3n) is 2.18. The smallest absolute Gasteiger partial charge is 0.419 e. The molecule has 0 spiro atoms. The zero-order valence-corrected chi connectivity index (χ0v) is 9.67. The molecule has 0 amide bonds. The number of hydrogen-bond acceptors (Lipinski definition) is 1. The minimum absolute atomic E-state index is 0.306. The maximum atomic E-state index is 12.6. The van der Waals surface area contributed by atoms with E-state index in [-0.39, 0.29) is 0 Å². The summed E-state index contributed by atoms with van der Waals surface area (Å²) in [6.45, 7) is 0. The fraction of sp³-hybridized carbons (Fsp3) is 0.400. The molecule has 102 valence electrons. The summed E-state index contributed by atoms with van der Waals surface area (Å²) >= 11 is 5.25. The maximum Gasteiger partial charge on any atom is 0.419 e. The van der Waals surface area contributed by atoms with Gasteiger partial charge in [-0.2, -0.15) is 26.3 Å². The van der Waals surface area contributed by atoms with Crippen LogP contribution >= 0.6 is 11.6 Å². The first-order valence-corrected chi connectivity index (χ1v) is 5.06. The fourth-order valence-electron chi connectivity index (χ4n) is 1.39. The van der Waals surface area contributed by atoms with Crippen molar-refractivity contribution >= 4 is 11.6 Å². The molecular weight excluding hydrogens is 286 g/mol. The Kier molecular flexibility index (Phi) is 4.05. The lowest BCUT2D eigenvalue weighted by atomic mass is 10.0. The van der Waals surface area contributed by atoms with Crippen molar-refractivity contribution in [3.05, 3.63) is 28.8 Å². The van der Waals surface area contributed by atoms with Gasteiger partial charge in [0.15, 0.2) is 0 Å². The lowest BCUT2D eigenvalue weighted by Crippen LogP contribution is -2.14. The number of alkyl halides is 7. The number of ether oxygens (including phenoxy) is 1. The molecule has 1 rings (SSSR count). The lowest BCUT2D eigenvalue weighted by molar-refractivity contribution is -0.142. The van der Waals surface area contributed by atoms with Gasteiger partial charge in [0.1, 0.15) is 5.75 Å². The highest BCUT2D eigenvalue weighted by Crippen LogP contribution is 2.42. The van der Waals surface area contributed by atoms with Gasteiger partial charge >= 0.3 is 12.4 Å². The third kappa shape index (κ3) is 3.01. The molecule has 0 N–H and O–H groups in total. The average molecular weight is 293 g/mol. The summed E-state index contributed by atoms with van der Waals surface area (Å²) in [4.78, 5) is 0. The predicted molar refractivity (Wildman–Crippen MR) is 52.6 cm³/mol. The standard InChI is InChI=1S/C10H7ClF6O/c1-18-8-3-6(9(12,13)14)5(4-11)2-7(8)10(15,16)17/h2-3H,4H2,1H3. The van der Waals surface area contributed by atoms with Crippen LogP contribution in [0.25, 0.3) is 0 Å². The van der Waals surface area contributed by atoms with E-state index in [2.05, 4.69) is 4.74 Å². The Morgan fingerprint density at radius 1 is 1.00 bits per heavy atom. The van der Waals surface area contributed by atoms with Gasteiger partial charge in [0.05, 0.1) is 18.2 Å². The van der Waals surface area contributed by atoms with Crippen molar-refractivity contribution in [1.29, 1.82) is 0 Å². The maximum absolute atomic E-state index is 12.6. The van der Waals surface area contributed by atoms with E-state index >= 15 is 0 Å². The highest BCUT2D eigenvalue weighted by molar-refractivity contribution is 6.17. The van der Waals surface area contributed by atoms with Crippen molar-refractivity contribution in [1.82, 2.24) is 0 Å². The molecule has 0 saturated heterocycles. The van der Waals surface area contributed by atoms with Gasteiger partial charge in [0.25, 0.3) is 0 Å². The summed E-state index contributed by atoms with van der Waals surface area (Å²) in [5.74, 6) is -1.56. The van der Waals surface area contributed by atoms with Gasteiger partial charge in [-0.05, 0) is 17.7 Å². The van der Waals surface area contributed by atoms with Crippen LogP contribution < -0.4 is 4.74 Å². The third-order valence-corrected chi connectivity index (χ3v) is 2.47. The highest BCUT2D eigenvalue weighted by atomic mass is 35.5. The van der Waals surface area contributed by atoms with E-state index in [1.165, 1.54) is 0 Å². The van der Waals surface area contributed by atoms with Crippen LogP contribution in [-0.4, -0.2) is 7.11 Å². The fourth-order valence-corrected chi connectivity index (χ4v) is 1.61. The van der Waals surface area contributed by atoms with Crippen molar-refractivity contribution in [3.8, 4) is 5.75 Å². The summed E-state index contributed by atoms with van der Waals surface area (Å²) in [7, 11) is 0.866. The SMILES string of the molecule is COc1cc(C(F)(F)F)c(CCl)cc1C(F)(F)F. The van der Waals surface area contributed by atoms with Gasteiger partial charge in [-0.1, -0.05) is 0 Å². The zero-order chi connectivity index (χ0) is 14.1. The Morgan fingerprint density at radius 3 is 1.83 bits per heavy atom. The van der Waals surface area contributed by atoms with E-state index < -0.39 is 40.7 Å². The second-order valence-electron chi connectivity index (χ2n) is 3.34. The first-order valence-electron chi connectivity index (χ1n) is 4.52. The Hall–Kier alpha value is -1.11. The molecule has 1 aromatic carbocycles. The Morgan fingerprint density at radius 2 is 1.50 bits per heavy atom. The van der Waals surface area contributed by atoms with Crippen molar-refractivity contribution < 1.29 is 31.1 Å². The zero-order valence-electron chi connectivity index (χ0n) is 8.92. The van der Waals surface area contributed by atoms with Crippen LogP contribution in [0.5, 0.6) is 5.75 Å². The molecule has 0 aliphatic rings. The van der Waals surface area contributed by atoms with E-state index in [9.17, 15) is 26.3 Å². The summed E-state index contributed by atoms with van der Waals surface area (Å²) in [5.41, 5.74) is -3.16. The molecule has 1 aromatic rings. The molecule has 0 aliphatic heterocycles. The lowest BCUT2D eigenvalue weighted by Gasteiger charge is -2.17. The molecule has 0 aliphatic carbocycles. The van der Waals surface area contributed by atoms with E-state index in [0.717, 1.165) is 7.11 Å². The van der Waals surface area contributed by atoms with Gasteiger partial charge in [-0.15, -0.1) is 11.6 Å². The minimum Gasteiger partial charge on any atom is -0.496 e. The van der Waals surface area contributed by atoms with E-state index in [1.807, 2.05) is 0 Å². The molecular formula is C10H7ClF6O. The van der Waals surface area contributed by atoms with Crippen molar-refractivity contribution in [3.63, 3.8) is 0 Å². The van der Waals surface area contributed by atoms with Crippen molar-refractivity contribution in [2.75, 3.05) is 7.11 Å². The molecule has 0 saturated carbocycles. The molecule has 0 heterocycles. The molecule has 0 atom stereocenters. The first-order chi connectivity index (χ1) is 8.11. The second kappa shape index (κ2) is 4.87. The van der Waals surface area contributed by atoms with Crippen molar-refractivity contribution in [2.45, 2.75) is 18.2 Å². The Labute approximate surface area is 103 Å². The normalized spacial score (nSPS) is 12.7. The van der Waals surface area contributed by atoms with E-state index in [1.54, 1.807) is 0 Å². The number of rotatable bonds is 2. The van der Waals surface area contributed by atoms with Crippen LogP contribution in [0.1, 0.15) is 16.7 Å². The van der Waals surface area contributed by atoms with Gasteiger partial charge in [-0.3, -0.25) is 0 Å². The molecule has 0 aromatic heterocycles. The van der Waals surface area contributed by atoms with Crippen molar-refractivity contribution in [2.24, 2.45) is 0 Å². The molecule has 1 nitrogen and oxygen atoms in total. The first kappa shape index (κ1) is 14.9. The largest absolute Gasteiger partial charge is 0.496 e. The van der Waals surface area contributed by atoms with Crippen LogP contribution in [0.4, 0.5) is 26.3 Å². The van der Waals surface area contributed by atoms with E-state index in [0.29, 0.717) is 12.1 Å². The number of benzene rings is 1. The van der Waals surface area contributed by atoms with Crippen LogP contribution in [0.3, 0.4) is 0 Å². The average Bonchev–Trinajstić information content (AvgIpc) is 2.24. The quantitative estimate of drug-likeness (QED) is 0.577. The molecule has 0 unspecified atom stereocenters. The summed E-state index contributed by atoms with van der Waals surface area (Å²) in [5, 5.41) is 0. The van der Waals surface area contributed by atoms with Crippen LogP contribution in [-0.2, 0) is 18.2 Å². The van der Waals surface area contributed by atoms with E-state index in [4.69, 9.17) is 11.6 Å². The highest BCUT2D eigenvalue weighted by Gasteiger charge is 2.39. The van der Waals surface area contributed by atoms with Gasteiger partial charge in [0, 0.05) is 5.88 Å². The molecule has 0 bridgehead atoms. The number of hydrogen-bond donors (Lipinski definition) is 0. The van der Waals surface area contributed by atoms with Crippen LogP contribution in [0, 0.1) is 0 Å².